The zero-order valence-electron chi connectivity index (χ0n) is 11.2. The zero-order chi connectivity index (χ0) is 13.7. The molecule has 1 atom stereocenters. The number of hydrogen-bond acceptors (Lipinski definition) is 2. The molecule has 0 spiro atoms. The summed E-state index contributed by atoms with van der Waals surface area (Å²) in [6.45, 7) is 5.33. The Bertz CT molecular complexity index is 528. The molecule has 0 amide bonds. The van der Waals surface area contributed by atoms with Gasteiger partial charge < -0.3 is 5.32 Å². The molecule has 0 aliphatic heterocycles. The van der Waals surface area contributed by atoms with Crippen molar-refractivity contribution < 1.29 is 0 Å². The van der Waals surface area contributed by atoms with E-state index >= 15 is 0 Å². The minimum Gasteiger partial charge on any atom is -0.310 e. The number of nitrogens with one attached hydrogen (secondary N) is 1. The van der Waals surface area contributed by atoms with Gasteiger partial charge in [-0.1, -0.05) is 58.9 Å². The second-order valence-electron chi connectivity index (χ2n) is 4.38. The van der Waals surface area contributed by atoms with Crippen molar-refractivity contribution >= 4 is 27.7 Å². The van der Waals surface area contributed by atoms with E-state index in [1.165, 1.54) is 15.4 Å². The summed E-state index contributed by atoms with van der Waals surface area (Å²) in [6, 6.07) is 17.4. The third-order valence-electron chi connectivity index (χ3n) is 2.92. The van der Waals surface area contributed by atoms with Gasteiger partial charge in [0.2, 0.25) is 0 Å². The molecule has 0 saturated heterocycles. The van der Waals surface area contributed by atoms with Gasteiger partial charge in [-0.3, -0.25) is 0 Å². The second kappa shape index (κ2) is 7.13. The molecule has 0 radical (unpaired) electrons. The van der Waals surface area contributed by atoms with Gasteiger partial charge in [0.25, 0.3) is 0 Å². The van der Waals surface area contributed by atoms with Crippen molar-refractivity contribution in [3.63, 3.8) is 0 Å². The van der Waals surface area contributed by atoms with Crippen LogP contribution >= 0.6 is 27.7 Å². The molecule has 0 aliphatic rings. The number of halogens is 1. The summed E-state index contributed by atoms with van der Waals surface area (Å²) in [5, 5.41) is 3.48. The van der Waals surface area contributed by atoms with E-state index in [0.29, 0.717) is 6.04 Å². The molecule has 100 valence electrons. The maximum Gasteiger partial charge on any atom is 0.0302 e. The molecular weight excluding hydrogens is 318 g/mol. The van der Waals surface area contributed by atoms with Gasteiger partial charge in [-0.2, -0.15) is 0 Å². The molecule has 2 aromatic carbocycles. The van der Waals surface area contributed by atoms with E-state index in [-0.39, 0.29) is 0 Å². The fraction of sp³-hybridized carbons (Fsp3) is 0.250. The number of benzene rings is 2. The molecule has 3 heteroatoms. The first-order valence-electron chi connectivity index (χ1n) is 6.46. The van der Waals surface area contributed by atoms with Gasteiger partial charge in [0, 0.05) is 20.3 Å². The molecule has 0 saturated carbocycles. The Kier molecular flexibility index (Phi) is 5.49. The molecule has 1 nitrogen and oxygen atoms in total. The van der Waals surface area contributed by atoms with Crippen LogP contribution in [0.1, 0.15) is 25.5 Å². The fourth-order valence-electron chi connectivity index (χ4n) is 1.99. The van der Waals surface area contributed by atoms with Crippen LogP contribution in [0.15, 0.2) is 62.8 Å². The summed E-state index contributed by atoms with van der Waals surface area (Å²) < 4.78 is 1.12. The summed E-state index contributed by atoms with van der Waals surface area (Å²) >= 11 is 5.38. The van der Waals surface area contributed by atoms with E-state index in [1.807, 2.05) is 17.8 Å². The van der Waals surface area contributed by atoms with E-state index in [9.17, 15) is 0 Å². The average molecular weight is 336 g/mol. The summed E-state index contributed by atoms with van der Waals surface area (Å²) in [5.41, 5.74) is 1.35. The van der Waals surface area contributed by atoms with Gasteiger partial charge in [-0.25, -0.2) is 0 Å². The molecule has 0 heterocycles. The van der Waals surface area contributed by atoms with Crippen LogP contribution in [0.2, 0.25) is 0 Å². The minimum absolute atomic E-state index is 0.365. The van der Waals surface area contributed by atoms with Crippen molar-refractivity contribution in [1.29, 1.82) is 0 Å². The van der Waals surface area contributed by atoms with Crippen LogP contribution < -0.4 is 5.32 Å². The van der Waals surface area contributed by atoms with Crippen LogP contribution in [0.5, 0.6) is 0 Å². The monoisotopic (exact) mass is 335 g/mol. The highest BCUT2D eigenvalue weighted by molar-refractivity contribution is 9.10. The summed E-state index contributed by atoms with van der Waals surface area (Å²) in [5.74, 6) is 0. The van der Waals surface area contributed by atoms with Crippen LogP contribution in [-0.4, -0.2) is 6.54 Å². The molecule has 0 fully saturated rings. The lowest BCUT2D eigenvalue weighted by atomic mass is 10.1. The standard InChI is InChI=1S/C16H18BrNS/c1-3-18-12(2)15-10-9-13(17)11-16(15)19-14-7-5-4-6-8-14/h4-12,18H,3H2,1-2H3. The molecule has 0 aliphatic carbocycles. The summed E-state index contributed by atoms with van der Waals surface area (Å²) in [7, 11) is 0. The molecule has 0 aromatic heterocycles. The molecule has 2 aromatic rings. The van der Waals surface area contributed by atoms with Gasteiger partial charge >= 0.3 is 0 Å². The first-order valence-corrected chi connectivity index (χ1v) is 8.07. The van der Waals surface area contributed by atoms with Crippen LogP contribution in [0.25, 0.3) is 0 Å². The molecule has 1 N–H and O–H groups in total. The van der Waals surface area contributed by atoms with Crippen LogP contribution in [0.4, 0.5) is 0 Å². The normalized spacial score (nSPS) is 12.4. The smallest absolute Gasteiger partial charge is 0.0302 e. The van der Waals surface area contributed by atoms with E-state index < -0.39 is 0 Å². The van der Waals surface area contributed by atoms with E-state index in [4.69, 9.17) is 0 Å². The Morgan fingerprint density at radius 3 is 2.58 bits per heavy atom. The quantitative estimate of drug-likeness (QED) is 0.798. The van der Waals surface area contributed by atoms with Crippen LogP contribution in [0.3, 0.4) is 0 Å². The Hall–Kier alpha value is -0.770. The average Bonchev–Trinajstić information content (AvgIpc) is 2.40. The minimum atomic E-state index is 0.365. The largest absolute Gasteiger partial charge is 0.310 e. The van der Waals surface area contributed by atoms with E-state index in [1.54, 1.807) is 0 Å². The van der Waals surface area contributed by atoms with Crippen molar-refractivity contribution in [2.24, 2.45) is 0 Å². The van der Waals surface area contributed by atoms with E-state index in [2.05, 4.69) is 77.6 Å². The summed E-state index contributed by atoms with van der Waals surface area (Å²) in [4.78, 5) is 2.57. The molecule has 0 bridgehead atoms. The topological polar surface area (TPSA) is 12.0 Å². The van der Waals surface area contributed by atoms with Crippen molar-refractivity contribution in [3.05, 3.63) is 58.6 Å². The van der Waals surface area contributed by atoms with Crippen molar-refractivity contribution in [3.8, 4) is 0 Å². The van der Waals surface area contributed by atoms with Crippen molar-refractivity contribution in [1.82, 2.24) is 5.32 Å². The Balaban J connectivity index is 2.29. The van der Waals surface area contributed by atoms with Crippen molar-refractivity contribution in [2.75, 3.05) is 6.54 Å². The maximum absolute atomic E-state index is 3.56. The lowest BCUT2D eigenvalue weighted by Gasteiger charge is -2.17. The van der Waals surface area contributed by atoms with Gasteiger partial charge in [0.15, 0.2) is 0 Å². The lowest BCUT2D eigenvalue weighted by Crippen LogP contribution is -2.18. The molecule has 19 heavy (non-hydrogen) atoms. The highest BCUT2D eigenvalue weighted by atomic mass is 79.9. The third kappa shape index (κ3) is 4.10. The van der Waals surface area contributed by atoms with Gasteiger partial charge in [0.05, 0.1) is 0 Å². The molecule has 1 unspecified atom stereocenters. The maximum atomic E-state index is 3.56. The lowest BCUT2D eigenvalue weighted by molar-refractivity contribution is 0.589. The highest BCUT2D eigenvalue weighted by Crippen LogP contribution is 2.35. The fourth-order valence-corrected chi connectivity index (χ4v) is 3.59. The number of hydrogen-bond donors (Lipinski definition) is 1. The van der Waals surface area contributed by atoms with Gasteiger partial charge in [0.1, 0.15) is 0 Å². The SMILES string of the molecule is CCNC(C)c1ccc(Br)cc1Sc1ccccc1. The van der Waals surface area contributed by atoms with Crippen LogP contribution in [-0.2, 0) is 0 Å². The van der Waals surface area contributed by atoms with Crippen LogP contribution in [0, 0.1) is 0 Å². The zero-order valence-corrected chi connectivity index (χ0v) is 13.6. The highest BCUT2D eigenvalue weighted by Gasteiger charge is 2.11. The van der Waals surface area contributed by atoms with Crippen molar-refractivity contribution in [2.45, 2.75) is 29.7 Å². The Morgan fingerprint density at radius 2 is 1.89 bits per heavy atom. The first kappa shape index (κ1) is 14.6. The van der Waals surface area contributed by atoms with Gasteiger partial charge in [-0.15, -0.1) is 0 Å². The first-order chi connectivity index (χ1) is 9.20. The van der Waals surface area contributed by atoms with E-state index in [0.717, 1.165) is 11.0 Å². The van der Waals surface area contributed by atoms with Gasteiger partial charge in [-0.05, 0) is 43.3 Å². The molecular formula is C16H18BrNS. The second-order valence-corrected chi connectivity index (χ2v) is 6.41. The predicted octanol–water partition coefficient (Wildman–Crippen LogP) is 5.27. The predicted molar refractivity (Wildman–Crippen MR) is 86.8 cm³/mol. The third-order valence-corrected chi connectivity index (χ3v) is 4.50. The number of rotatable bonds is 5. The summed E-state index contributed by atoms with van der Waals surface area (Å²) in [6.07, 6.45) is 0. The Morgan fingerprint density at radius 1 is 1.16 bits per heavy atom. The molecule has 2 rings (SSSR count). The Labute approximate surface area is 127 Å².